The minimum absolute atomic E-state index is 0.0920. The summed E-state index contributed by atoms with van der Waals surface area (Å²) in [5.74, 6) is 1.28. The molecule has 0 radical (unpaired) electrons. The van der Waals surface area contributed by atoms with Gasteiger partial charge in [-0.05, 0) is 42.7 Å². The van der Waals surface area contributed by atoms with Gasteiger partial charge in [-0.2, -0.15) is 5.10 Å². The number of hydrogen-bond acceptors (Lipinski definition) is 5. The van der Waals surface area contributed by atoms with E-state index in [1.807, 2.05) is 39.9 Å². The Morgan fingerprint density at radius 3 is 2.42 bits per heavy atom. The number of nitrogens with zero attached hydrogens (tertiary/aromatic N) is 5. The van der Waals surface area contributed by atoms with Crippen LogP contribution in [0.2, 0.25) is 0 Å². The number of carbonyl (C=O) groups excluding carboxylic acids is 1. The molecule has 1 aliphatic heterocycles. The summed E-state index contributed by atoms with van der Waals surface area (Å²) >= 11 is 0. The van der Waals surface area contributed by atoms with Gasteiger partial charge in [0.25, 0.3) is 11.8 Å². The molecule has 0 bridgehead atoms. The van der Waals surface area contributed by atoms with E-state index in [-0.39, 0.29) is 11.8 Å². The van der Waals surface area contributed by atoms with Gasteiger partial charge in [0.15, 0.2) is 0 Å². The lowest BCUT2D eigenvalue weighted by Crippen LogP contribution is -2.41. The van der Waals surface area contributed by atoms with Crippen molar-refractivity contribution in [3.05, 3.63) is 47.5 Å². The molecule has 0 unspecified atom stereocenters. The molecule has 1 fully saturated rings. The topological polar surface area (TPSA) is 77.1 Å². The van der Waals surface area contributed by atoms with E-state index in [0.29, 0.717) is 23.0 Å². The lowest BCUT2D eigenvalue weighted by atomic mass is 10.1. The van der Waals surface area contributed by atoms with Crippen LogP contribution in [0, 0.1) is 6.92 Å². The van der Waals surface area contributed by atoms with Crippen LogP contribution in [0.3, 0.4) is 0 Å². The van der Waals surface area contributed by atoms with Crippen molar-refractivity contribution in [1.82, 2.24) is 24.9 Å². The van der Waals surface area contributed by atoms with Crippen molar-refractivity contribution < 1.29 is 9.21 Å². The predicted molar refractivity (Wildman–Crippen MR) is 96.2 cm³/mol. The maximum Gasteiger partial charge on any atom is 0.268 e. The van der Waals surface area contributed by atoms with E-state index >= 15 is 0 Å². The van der Waals surface area contributed by atoms with Crippen molar-refractivity contribution in [2.75, 3.05) is 13.1 Å². The fourth-order valence-electron chi connectivity index (χ4n) is 2.97. The molecular weight excluding hydrogens is 330 g/mol. The van der Waals surface area contributed by atoms with Gasteiger partial charge in [0, 0.05) is 31.3 Å². The first-order valence-corrected chi connectivity index (χ1v) is 8.83. The Morgan fingerprint density at radius 1 is 1.15 bits per heavy atom. The van der Waals surface area contributed by atoms with E-state index < -0.39 is 0 Å². The van der Waals surface area contributed by atoms with Gasteiger partial charge in [0.05, 0.1) is 5.69 Å². The molecule has 0 atom stereocenters. The third-order valence-electron chi connectivity index (χ3n) is 4.58. The summed E-state index contributed by atoms with van der Waals surface area (Å²) in [5, 5.41) is 12.6. The zero-order valence-corrected chi connectivity index (χ0v) is 15.1. The molecule has 0 saturated carbocycles. The largest absolute Gasteiger partial charge is 0.420 e. The first kappa shape index (κ1) is 16.5. The molecule has 3 aromatic rings. The van der Waals surface area contributed by atoms with Crippen LogP contribution in [0.4, 0.5) is 0 Å². The second-order valence-electron chi connectivity index (χ2n) is 6.84. The van der Waals surface area contributed by atoms with Crippen molar-refractivity contribution in [2.24, 2.45) is 0 Å². The van der Waals surface area contributed by atoms with Crippen LogP contribution in [0.15, 0.2) is 34.7 Å². The number of likely N-dealkylation sites (tertiary alicyclic amines) is 1. The summed E-state index contributed by atoms with van der Waals surface area (Å²) in [6.45, 7) is 7.68. The Labute approximate surface area is 151 Å². The van der Waals surface area contributed by atoms with Crippen LogP contribution in [-0.4, -0.2) is 43.9 Å². The summed E-state index contributed by atoms with van der Waals surface area (Å²) < 4.78 is 7.37. The highest BCUT2D eigenvalue weighted by Crippen LogP contribution is 2.26. The second kappa shape index (κ2) is 6.40. The number of benzene rings is 1. The number of rotatable bonds is 4. The Morgan fingerprint density at radius 2 is 1.88 bits per heavy atom. The molecule has 2 aromatic heterocycles. The van der Waals surface area contributed by atoms with Gasteiger partial charge in [-0.3, -0.25) is 4.79 Å². The Hall–Kier alpha value is -2.96. The molecule has 7 heteroatoms. The van der Waals surface area contributed by atoms with Crippen LogP contribution in [0.25, 0.3) is 17.3 Å². The fraction of sp³-hybridized carbons (Fsp3) is 0.368. The van der Waals surface area contributed by atoms with Gasteiger partial charge < -0.3 is 9.32 Å². The third-order valence-corrected chi connectivity index (χ3v) is 4.58. The molecule has 3 heterocycles. The lowest BCUT2D eigenvalue weighted by molar-refractivity contribution is 0.0652. The smallest absolute Gasteiger partial charge is 0.268 e. The lowest BCUT2D eigenvalue weighted by Gasteiger charge is -2.30. The molecule has 1 aliphatic rings. The molecule has 1 saturated heterocycles. The van der Waals surface area contributed by atoms with Gasteiger partial charge in [0.1, 0.15) is 5.69 Å². The number of amides is 1. The quantitative estimate of drug-likeness (QED) is 0.721. The summed E-state index contributed by atoms with van der Waals surface area (Å²) in [4.78, 5) is 14.2. The summed E-state index contributed by atoms with van der Waals surface area (Å²) in [5.41, 5.74) is 3.29. The third kappa shape index (κ3) is 2.89. The van der Waals surface area contributed by atoms with Crippen LogP contribution < -0.4 is 0 Å². The van der Waals surface area contributed by atoms with Crippen molar-refractivity contribution in [1.29, 1.82) is 0 Å². The average Bonchev–Trinajstić information content (AvgIpc) is 3.19. The monoisotopic (exact) mass is 351 g/mol. The minimum Gasteiger partial charge on any atom is -0.420 e. The summed E-state index contributed by atoms with van der Waals surface area (Å²) in [7, 11) is 0. The maximum absolute atomic E-state index is 12.3. The van der Waals surface area contributed by atoms with Gasteiger partial charge in [-0.25, -0.2) is 4.68 Å². The molecule has 0 spiro atoms. The molecule has 26 heavy (non-hydrogen) atoms. The highest BCUT2D eigenvalue weighted by Gasteiger charge is 2.22. The Kier molecular flexibility index (Phi) is 4.06. The molecular formula is C19H21N5O2. The molecule has 1 amide bonds. The second-order valence-corrected chi connectivity index (χ2v) is 6.84. The van der Waals surface area contributed by atoms with E-state index in [1.165, 1.54) is 0 Å². The van der Waals surface area contributed by atoms with Gasteiger partial charge in [-0.1, -0.05) is 13.8 Å². The van der Waals surface area contributed by atoms with E-state index in [1.54, 1.807) is 6.92 Å². The van der Waals surface area contributed by atoms with Crippen LogP contribution in [0.1, 0.15) is 48.1 Å². The van der Waals surface area contributed by atoms with Crippen LogP contribution >= 0.6 is 0 Å². The van der Waals surface area contributed by atoms with Crippen molar-refractivity contribution >= 4 is 5.91 Å². The normalized spacial score (nSPS) is 13.9. The predicted octanol–water partition coefficient (Wildman–Crippen LogP) is 3.20. The molecule has 7 nitrogen and oxygen atoms in total. The van der Waals surface area contributed by atoms with E-state index in [0.717, 1.165) is 30.9 Å². The maximum atomic E-state index is 12.3. The van der Waals surface area contributed by atoms with E-state index in [9.17, 15) is 4.79 Å². The van der Waals surface area contributed by atoms with Crippen molar-refractivity contribution in [3.63, 3.8) is 0 Å². The highest BCUT2D eigenvalue weighted by atomic mass is 16.4. The molecule has 134 valence electrons. The van der Waals surface area contributed by atoms with Crippen LogP contribution in [-0.2, 0) is 0 Å². The molecule has 0 aliphatic carbocycles. The molecule has 1 aromatic carbocycles. The van der Waals surface area contributed by atoms with E-state index in [2.05, 4.69) is 29.1 Å². The first-order valence-electron chi connectivity index (χ1n) is 8.83. The molecule has 4 rings (SSSR count). The number of aromatic nitrogens is 4. The summed E-state index contributed by atoms with van der Waals surface area (Å²) in [6.07, 6.45) is 1.09. The Bertz CT molecular complexity index is 935. The van der Waals surface area contributed by atoms with Gasteiger partial charge in [-0.15, -0.1) is 10.2 Å². The summed E-state index contributed by atoms with van der Waals surface area (Å²) in [6, 6.07) is 9.54. The van der Waals surface area contributed by atoms with Gasteiger partial charge in [0.2, 0.25) is 5.89 Å². The highest BCUT2D eigenvalue weighted by molar-refractivity contribution is 5.94. The SMILES string of the molecule is Cc1nnc(-c2cc(C(C)C)n(-c3ccc(C(=O)N4CCC4)cc3)n2)o1. The number of aryl methyl sites for hydroxylation is 1. The standard InChI is InChI=1S/C19H21N5O2/c1-12(2)17-11-16(18-21-20-13(3)26-18)22-24(17)15-7-5-14(6-8-15)19(25)23-9-4-10-23/h5-8,11-12H,4,9-10H2,1-3H3. The zero-order valence-electron chi connectivity index (χ0n) is 15.1. The zero-order chi connectivity index (χ0) is 18.3. The van der Waals surface area contributed by atoms with Crippen molar-refractivity contribution in [3.8, 4) is 17.3 Å². The number of hydrogen-bond donors (Lipinski definition) is 0. The Balaban J connectivity index is 1.67. The fourth-order valence-corrected chi connectivity index (χ4v) is 2.97. The average molecular weight is 351 g/mol. The van der Waals surface area contributed by atoms with Crippen LogP contribution in [0.5, 0.6) is 0 Å². The van der Waals surface area contributed by atoms with Gasteiger partial charge >= 0.3 is 0 Å². The minimum atomic E-state index is 0.0920. The first-order chi connectivity index (χ1) is 12.5. The van der Waals surface area contributed by atoms with E-state index in [4.69, 9.17) is 4.42 Å². The van der Waals surface area contributed by atoms with Crippen molar-refractivity contribution in [2.45, 2.75) is 33.1 Å². The molecule has 0 N–H and O–H groups in total. The number of carbonyl (C=O) groups is 1.